The first kappa shape index (κ1) is 13.9. The Morgan fingerprint density at radius 1 is 1.42 bits per heavy atom. The molecule has 0 amide bonds. The Labute approximate surface area is 114 Å². The van der Waals surface area contributed by atoms with Crippen LogP contribution in [-0.4, -0.2) is 30.7 Å². The van der Waals surface area contributed by atoms with E-state index in [0.717, 1.165) is 50.5 Å². The molecule has 1 aromatic carbocycles. The first-order chi connectivity index (χ1) is 9.28. The maximum absolute atomic E-state index is 8.59. The molecule has 1 heterocycles. The van der Waals surface area contributed by atoms with Crippen LogP contribution < -0.4 is 4.74 Å². The van der Waals surface area contributed by atoms with Gasteiger partial charge in [-0.25, -0.2) is 0 Å². The highest BCUT2D eigenvalue weighted by Gasteiger charge is 2.15. The highest BCUT2D eigenvalue weighted by Crippen LogP contribution is 2.17. The summed E-state index contributed by atoms with van der Waals surface area (Å²) in [5.74, 6) is 1.44. The molecule has 4 nitrogen and oxygen atoms in total. The smallest absolute Gasteiger partial charge is 0.119 e. The quantitative estimate of drug-likeness (QED) is 0.488. The normalized spacial score (nSPS) is 19.6. The molecule has 1 fully saturated rings. The summed E-state index contributed by atoms with van der Waals surface area (Å²) in [5, 5.41) is 11.8. The molecular formula is C15H21NO3. The van der Waals surface area contributed by atoms with Crippen LogP contribution in [0.15, 0.2) is 29.4 Å². The van der Waals surface area contributed by atoms with Gasteiger partial charge in [0.2, 0.25) is 0 Å². The summed E-state index contributed by atoms with van der Waals surface area (Å²) >= 11 is 0. The van der Waals surface area contributed by atoms with Gasteiger partial charge in [0, 0.05) is 12.5 Å². The van der Waals surface area contributed by atoms with Gasteiger partial charge in [-0.1, -0.05) is 17.3 Å². The predicted octanol–water partition coefficient (Wildman–Crippen LogP) is 2.88. The van der Waals surface area contributed by atoms with Crippen LogP contribution in [0.25, 0.3) is 0 Å². The van der Waals surface area contributed by atoms with Gasteiger partial charge >= 0.3 is 0 Å². The van der Waals surface area contributed by atoms with E-state index in [1.807, 2.05) is 19.1 Å². The van der Waals surface area contributed by atoms with E-state index >= 15 is 0 Å². The van der Waals surface area contributed by atoms with E-state index in [4.69, 9.17) is 14.7 Å². The fourth-order valence-electron chi connectivity index (χ4n) is 2.06. The van der Waals surface area contributed by atoms with Crippen LogP contribution >= 0.6 is 0 Å². The lowest BCUT2D eigenvalue weighted by Crippen LogP contribution is -2.11. The Morgan fingerprint density at radius 3 is 2.84 bits per heavy atom. The third-order valence-corrected chi connectivity index (χ3v) is 3.38. The first-order valence-electron chi connectivity index (χ1n) is 6.75. The SMILES string of the molecule is CC(CCc1ccc(OCC2CCOC2)cc1)=NO. The van der Waals surface area contributed by atoms with Crippen LogP contribution in [0.3, 0.4) is 0 Å². The van der Waals surface area contributed by atoms with E-state index < -0.39 is 0 Å². The minimum atomic E-state index is 0.531. The Hall–Kier alpha value is -1.55. The zero-order chi connectivity index (χ0) is 13.5. The molecule has 1 saturated heterocycles. The number of aryl methyl sites for hydroxylation is 1. The van der Waals surface area contributed by atoms with Crippen molar-refractivity contribution < 1.29 is 14.7 Å². The summed E-state index contributed by atoms with van der Waals surface area (Å²) < 4.78 is 11.1. The molecule has 1 aliphatic rings. The van der Waals surface area contributed by atoms with Crippen molar-refractivity contribution in [1.29, 1.82) is 0 Å². The zero-order valence-electron chi connectivity index (χ0n) is 11.3. The van der Waals surface area contributed by atoms with Crippen LogP contribution in [0.5, 0.6) is 5.75 Å². The molecule has 0 radical (unpaired) electrons. The third-order valence-electron chi connectivity index (χ3n) is 3.38. The molecular weight excluding hydrogens is 242 g/mol. The number of rotatable bonds is 6. The average molecular weight is 263 g/mol. The lowest BCUT2D eigenvalue weighted by atomic mass is 10.1. The van der Waals surface area contributed by atoms with Gasteiger partial charge in [-0.3, -0.25) is 0 Å². The molecule has 2 rings (SSSR count). The first-order valence-corrected chi connectivity index (χ1v) is 6.75. The lowest BCUT2D eigenvalue weighted by Gasteiger charge is -2.10. The van der Waals surface area contributed by atoms with E-state index in [9.17, 15) is 0 Å². The maximum atomic E-state index is 8.59. The van der Waals surface area contributed by atoms with Crippen molar-refractivity contribution in [3.63, 3.8) is 0 Å². The Kier molecular flexibility index (Phi) is 5.21. The molecule has 0 spiro atoms. The van der Waals surface area contributed by atoms with Crippen molar-refractivity contribution >= 4 is 5.71 Å². The number of hydrogen-bond acceptors (Lipinski definition) is 4. The van der Waals surface area contributed by atoms with Gasteiger partial charge in [0.1, 0.15) is 5.75 Å². The monoisotopic (exact) mass is 263 g/mol. The second-order valence-corrected chi connectivity index (χ2v) is 5.02. The second kappa shape index (κ2) is 7.14. The van der Waals surface area contributed by atoms with E-state index in [0.29, 0.717) is 5.92 Å². The molecule has 0 aromatic heterocycles. The fraction of sp³-hybridized carbons (Fsp3) is 0.533. The fourth-order valence-corrected chi connectivity index (χ4v) is 2.06. The third kappa shape index (κ3) is 4.56. The second-order valence-electron chi connectivity index (χ2n) is 5.02. The summed E-state index contributed by atoms with van der Waals surface area (Å²) in [6.07, 6.45) is 2.75. The summed E-state index contributed by atoms with van der Waals surface area (Å²) in [4.78, 5) is 0. The van der Waals surface area contributed by atoms with Crippen LogP contribution in [0.4, 0.5) is 0 Å². The molecule has 1 aromatic rings. The molecule has 1 atom stereocenters. The maximum Gasteiger partial charge on any atom is 0.119 e. The number of nitrogens with zero attached hydrogens (tertiary/aromatic N) is 1. The van der Waals surface area contributed by atoms with Gasteiger partial charge in [-0.2, -0.15) is 0 Å². The highest BCUT2D eigenvalue weighted by atomic mass is 16.5. The Morgan fingerprint density at radius 2 is 2.21 bits per heavy atom. The molecule has 1 N–H and O–H groups in total. The Balaban J connectivity index is 1.77. The van der Waals surface area contributed by atoms with Gasteiger partial charge in [-0.15, -0.1) is 0 Å². The number of oxime groups is 1. The summed E-state index contributed by atoms with van der Waals surface area (Å²) in [5.41, 5.74) is 1.97. The van der Waals surface area contributed by atoms with Crippen LogP contribution in [-0.2, 0) is 11.2 Å². The minimum Gasteiger partial charge on any atom is -0.493 e. The molecule has 0 saturated carbocycles. The van der Waals surface area contributed by atoms with E-state index in [2.05, 4.69) is 17.3 Å². The van der Waals surface area contributed by atoms with Gasteiger partial charge in [-0.05, 0) is 43.9 Å². The van der Waals surface area contributed by atoms with Crippen molar-refractivity contribution in [3.8, 4) is 5.75 Å². The molecule has 4 heteroatoms. The molecule has 0 bridgehead atoms. The van der Waals surface area contributed by atoms with Gasteiger partial charge in [0.25, 0.3) is 0 Å². The number of benzene rings is 1. The molecule has 104 valence electrons. The minimum absolute atomic E-state index is 0.531. The van der Waals surface area contributed by atoms with Crippen molar-refractivity contribution in [2.75, 3.05) is 19.8 Å². The highest BCUT2D eigenvalue weighted by molar-refractivity contribution is 5.81. The van der Waals surface area contributed by atoms with Crippen molar-refractivity contribution in [3.05, 3.63) is 29.8 Å². The molecule has 1 unspecified atom stereocenters. The standard InChI is InChI=1S/C15H21NO3/c1-12(16-17)2-3-13-4-6-15(7-5-13)19-11-14-8-9-18-10-14/h4-7,14,17H,2-3,8-11H2,1H3. The topological polar surface area (TPSA) is 51.0 Å². The average Bonchev–Trinajstić information content (AvgIpc) is 2.97. The van der Waals surface area contributed by atoms with Crippen LogP contribution in [0.2, 0.25) is 0 Å². The largest absolute Gasteiger partial charge is 0.493 e. The van der Waals surface area contributed by atoms with E-state index in [1.54, 1.807) is 0 Å². The molecule has 0 aliphatic carbocycles. The zero-order valence-corrected chi connectivity index (χ0v) is 11.3. The number of hydrogen-bond donors (Lipinski definition) is 1. The molecule has 19 heavy (non-hydrogen) atoms. The van der Waals surface area contributed by atoms with Crippen molar-refractivity contribution in [2.45, 2.75) is 26.2 Å². The van der Waals surface area contributed by atoms with Crippen molar-refractivity contribution in [1.82, 2.24) is 0 Å². The van der Waals surface area contributed by atoms with Gasteiger partial charge in [0.05, 0.1) is 18.9 Å². The summed E-state index contributed by atoms with van der Waals surface area (Å²) in [6.45, 7) is 4.23. The van der Waals surface area contributed by atoms with E-state index in [-0.39, 0.29) is 0 Å². The summed E-state index contributed by atoms with van der Waals surface area (Å²) in [6, 6.07) is 8.11. The predicted molar refractivity (Wildman–Crippen MR) is 74.1 cm³/mol. The van der Waals surface area contributed by atoms with E-state index in [1.165, 1.54) is 5.56 Å². The van der Waals surface area contributed by atoms with Gasteiger partial charge < -0.3 is 14.7 Å². The lowest BCUT2D eigenvalue weighted by molar-refractivity contribution is 0.167. The number of ether oxygens (including phenoxy) is 2. The van der Waals surface area contributed by atoms with Crippen LogP contribution in [0.1, 0.15) is 25.3 Å². The van der Waals surface area contributed by atoms with Crippen LogP contribution in [0, 0.1) is 5.92 Å². The van der Waals surface area contributed by atoms with Crippen molar-refractivity contribution in [2.24, 2.45) is 11.1 Å². The molecule has 1 aliphatic heterocycles. The summed E-state index contributed by atoms with van der Waals surface area (Å²) in [7, 11) is 0. The van der Waals surface area contributed by atoms with Gasteiger partial charge in [0.15, 0.2) is 0 Å². The Bertz CT molecular complexity index is 408.